The summed E-state index contributed by atoms with van der Waals surface area (Å²) in [6.07, 6.45) is 43.9. The van der Waals surface area contributed by atoms with Crippen LogP contribution in [0.25, 0.3) is 0 Å². The second kappa shape index (κ2) is 42.9. The van der Waals surface area contributed by atoms with Crippen LogP contribution in [0.15, 0.2) is 12.2 Å². The van der Waals surface area contributed by atoms with Crippen molar-refractivity contribution < 1.29 is 37.6 Å². The molecule has 0 aliphatic rings. The molecule has 9 nitrogen and oxygen atoms in total. The first kappa shape index (κ1) is 55.8. The number of likely N-dealkylation sites (N-methyl/N-ethyl adjacent to an activating group) is 1. The third kappa shape index (κ3) is 44.1. The summed E-state index contributed by atoms with van der Waals surface area (Å²) in [7, 11) is -0.702. The Morgan fingerprint density at radius 1 is 0.526 bits per heavy atom. The minimum atomic E-state index is -4.36. The van der Waals surface area contributed by atoms with Crippen molar-refractivity contribution in [3.8, 4) is 0 Å². The Morgan fingerprint density at radius 2 is 0.895 bits per heavy atom. The lowest BCUT2D eigenvalue weighted by Crippen LogP contribution is -2.29. The number of rotatable bonds is 45. The maximum absolute atomic E-state index is 12.7. The van der Waals surface area contributed by atoms with Crippen molar-refractivity contribution in [2.24, 2.45) is 0 Å². The van der Waals surface area contributed by atoms with Gasteiger partial charge in [0.05, 0.1) is 13.2 Å². The average molecular weight is 830 g/mol. The maximum atomic E-state index is 12.7. The molecule has 0 aliphatic carbocycles. The number of ether oxygens (including phenoxy) is 2. The Labute approximate surface area is 352 Å². The Balaban J connectivity index is 4.20. The molecular formula is C47H92NO8P. The Morgan fingerprint density at radius 3 is 1.30 bits per heavy atom. The summed E-state index contributed by atoms with van der Waals surface area (Å²) in [5.74, 6) is -0.792. The predicted octanol–water partition coefficient (Wildman–Crippen LogP) is 14.0. The third-order valence-corrected chi connectivity index (χ3v) is 11.6. The monoisotopic (exact) mass is 830 g/mol. The molecule has 1 N–H and O–H groups in total. The average Bonchev–Trinajstić information content (AvgIpc) is 3.18. The van der Waals surface area contributed by atoms with E-state index in [2.05, 4.69) is 26.0 Å². The van der Waals surface area contributed by atoms with Crippen LogP contribution in [0, 0.1) is 0 Å². The number of nitrogens with zero attached hydrogens (tertiary/aromatic N) is 1. The number of carbonyl (C=O) groups is 2. The first-order chi connectivity index (χ1) is 27.7. The molecule has 0 saturated heterocycles. The van der Waals surface area contributed by atoms with Crippen molar-refractivity contribution in [3.05, 3.63) is 12.2 Å². The van der Waals surface area contributed by atoms with E-state index in [9.17, 15) is 19.0 Å². The molecule has 0 amide bonds. The van der Waals surface area contributed by atoms with Gasteiger partial charge in [-0.2, -0.15) is 0 Å². The van der Waals surface area contributed by atoms with Gasteiger partial charge in [-0.25, -0.2) is 4.57 Å². The van der Waals surface area contributed by atoms with Crippen LogP contribution in [0.4, 0.5) is 0 Å². The second-order valence-electron chi connectivity index (χ2n) is 16.6. The van der Waals surface area contributed by atoms with E-state index in [1.54, 1.807) is 0 Å². The highest BCUT2D eigenvalue weighted by atomic mass is 31.2. The van der Waals surface area contributed by atoms with Crippen LogP contribution in [0.1, 0.15) is 232 Å². The van der Waals surface area contributed by atoms with E-state index >= 15 is 0 Å². The van der Waals surface area contributed by atoms with Gasteiger partial charge < -0.3 is 19.3 Å². The zero-order chi connectivity index (χ0) is 41.9. The van der Waals surface area contributed by atoms with E-state index < -0.39 is 26.5 Å². The molecular weight excluding hydrogens is 737 g/mol. The minimum Gasteiger partial charge on any atom is -0.462 e. The van der Waals surface area contributed by atoms with Crippen LogP contribution in [0.3, 0.4) is 0 Å². The summed E-state index contributed by atoms with van der Waals surface area (Å²) < 4.78 is 33.6. The summed E-state index contributed by atoms with van der Waals surface area (Å²) in [6.45, 7) is 4.36. The van der Waals surface area contributed by atoms with Crippen LogP contribution in [-0.2, 0) is 32.7 Å². The Hall–Kier alpha value is -1.25. The molecule has 57 heavy (non-hydrogen) atoms. The zero-order valence-corrected chi connectivity index (χ0v) is 38.7. The standard InChI is InChI=1S/C47H92NO8P/c1-5-7-9-11-13-15-17-19-21-22-23-24-26-28-30-32-34-36-38-40-47(50)56-45(44-55-57(51,52)54-42-41-48(3)4)43-53-46(49)39-37-35-33-31-29-27-25-20-18-16-14-12-10-8-6-2/h19,21,45H,5-18,20,22-44H2,1-4H3,(H,51,52)/b21-19-. The van der Waals surface area contributed by atoms with Gasteiger partial charge in [0.15, 0.2) is 6.10 Å². The molecule has 0 bridgehead atoms. The van der Waals surface area contributed by atoms with Crippen LogP contribution >= 0.6 is 7.82 Å². The number of hydrogen-bond acceptors (Lipinski definition) is 8. The largest absolute Gasteiger partial charge is 0.472 e. The van der Waals surface area contributed by atoms with Gasteiger partial charge in [0.2, 0.25) is 0 Å². The number of carbonyl (C=O) groups excluding carboxylic acids is 2. The summed E-state index contributed by atoms with van der Waals surface area (Å²) in [5, 5.41) is 0. The highest BCUT2D eigenvalue weighted by Crippen LogP contribution is 2.43. The van der Waals surface area contributed by atoms with Crippen LogP contribution in [-0.4, -0.2) is 68.3 Å². The van der Waals surface area contributed by atoms with E-state index in [0.717, 1.165) is 32.1 Å². The number of esters is 2. The maximum Gasteiger partial charge on any atom is 0.472 e. The fraction of sp³-hybridized carbons (Fsp3) is 0.915. The number of unbranched alkanes of at least 4 members (excludes halogenated alkanes) is 29. The molecule has 338 valence electrons. The summed E-state index contributed by atoms with van der Waals surface area (Å²) in [6, 6.07) is 0. The number of hydrogen-bond donors (Lipinski definition) is 1. The SMILES string of the molecule is CCCCCCCC/C=C\CCCCCCCCCCCC(=O)OC(COC(=O)CCCCCCCCCCCCCCCCC)COP(=O)(O)OCCN(C)C. The van der Waals surface area contributed by atoms with Crippen molar-refractivity contribution in [2.45, 2.75) is 238 Å². The molecule has 0 rings (SSSR count). The summed E-state index contributed by atoms with van der Waals surface area (Å²) in [4.78, 5) is 37.1. The molecule has 0 saturated carbocycles. The number of allylic oxidation sites excluding steroid dienone is 2. The first-order valence-electron chi connectivity index (χ1n) is 24.0. The number of phosphoric acid groups is 1. The van der Waals surface area contributed by atoms with Crippen LogP contribution in [0.2, 0.25) is 0 Å². The first-order valence-corrected chi connectivity index (χ1v) is 25.5. The van der Waals surface area contributed by atoms with Crippen molar-refractivity contribution >= 4 is 19.8 Å². The lowest BCUT2D eigenvalue weighted by Gasteiger charge is -2.20. The normalized spacial score (nSPS) is 13.4. The molecule has 0 aromatic carbocycles. The van der Waals surface area contributed by atoms with E-state index in [0.29, 0.717) is 19.4 Å². The molecule has 10 heteroatoms. The molecule has 0 radical (unpaired) electrons. The smallest absolute Gasteiger partial charge is 0.462 e. The van der Waals surface area contributed by atoms with E-state index in [-0.39, 0.29) is 25.6 Å². The zero-order valence-electron chi connectivity index (χ0n) is 37.8. The van der Waals surface area contributed by atoms with Crippen molar-refractivity contribution in [1.29, 1.82) is 0 Å². The van der Waals surface area contributed by atoms with Crippen molar-refractivity contribution in [1.82, 2.24) is 4.90 Å². The van der Waals surface area contributed by atoms with E-state index in [1.165, 1.54) is 167 Å². The van der Waals surface area contributed by atoms with Crippen LogP contribution < -0.4 is 0 Å². The Kier molecular flexibility index (Phi) is 41.9. The van der Waals surface area contributed by atoms with Gasteiger partial charge in [-0.15, -0.1) is 0 Å². The molecule has 0 fully saturated rings. The van der Waals surface area contributed by atoms with Gasteiger partial charge in [-0.3, -0.25) is 18.6 Å². The predicted molar refractivity (Wildman–Crippen MR) is 239 cm³/mol. The highest BCUT2D eigenvalue weighted by molar-refractivity contribution is 7.47. The van der Waals surface area contributed by atoms with Gasteiger partial charge in [0.1, 0.15) is 6.61 Å². The highest BCUT2D eigenvalue weighted by Gasteiger charge is 2.26. The van der Waals surface area contributed by atoms with E-state index in [4.69, 9.17) is 18.5 Å². The molecule has 2 atom stereocenters. The molecule has 0 aromatic rings. The quantitative estimate of drug-likeness (QED) is 0.0277. The van der Waals surface area contributed by atoms with Gasteiger partial charge in [-0.05, 0) is 52.6 Å². The van der Waals surface area contributed by atoms with Gasteiger partial charge >= 0.3 is 19.8 Å². The van der Waals surface area contributed by atoms with Crippen molar-refractivity contribution in [3.63, 3.8) is 0 Å². The lowest BCUT2D eigenvalue weighted by atomic mass is 10.0. The minimum absolute atomic E-state index is 0.0104. The van der Waals surface area contributed by atoms with Gasteiger partial charge in [0.25, 0.3) is 0 Å². The molecule has 2 unspecified atom stereocenters. The van der Waals surface area contributed by atoms with Gasteiger partial charge in [0, 0.05) is 19.4 Å². The molecule has 0 aliphatic heterocycles. The fourth-order valence-electron chi connectivity index (χ4n) is 6.86. The van der Waals surface area contributed by atoms with Gasteiger partial charge in [-0.1, -0.05) is 193 Å². The molecule has 0 aromatic heterocycles. The summed E-state index contributed by atoms with van der Waals surface area (Å²) in [5.41, 5.74) is 0. The fourth-order valence-corrected chi connectivity index (χ4v) is 7.60. The molecule has 0 spiro atoms. The molecule has 0 heterocycles. The lowest BCUT2D eigenvalue weighted by molar-refractivity contribution is -0.161. The van der Waals surface area contributed by atoms with E-state index in [1.807, 2.05) is 19.0 Å². The second-order valence-corrected chi connectivity index (χ2v) is 18.1. The summed E-state index contributed by atoms with van der Waals surface area (Å²) >= 11 is 0. The number of phosphoric ester groups is 1. The Bertz CT molecular complexity index is 962. The third-order valence-electron chi connectivity index (χ3n) is 10.6. The van der Waals surface area contributed by atoms with Crippen LogP contribution in [0.5, 0.6) is 0 Å². The topological polar surface area (TPSA) is 112 Å². The van der Waals surface area contributed by atoms with Crippen molar-refractivity contribution in [2.75, 3.05) is 40.5 Å².